The third-order valence-corrected chi connectivity index (χ3v) is 3.72. The maximum Gasteiger partial charge on any atom is 0.260 e. The Bertz CT molecular complexity index is 645. The van der Waals surface area contributed by atoms with Gasteiger partial charge < -0.3 is 14.4 Å². The van der Waals surface area contributed by atoms with Crippen LogP contribution in [-0.4, -0.2) is 36.6 Å². The molecule has 0 radical (unpaired) electrons. The van der Waals surface area contributed by atoms with Gasteiger partial charge in [-0.2, -0.15) is 0 Å². The Kier molecular flexibility index (Phi) is 4.76. The molecule has 2 aromatic rings. The lowest BCUT2D eigenvalue weighted by molar-refractivity contribution is -0.132. The predicted molar refractivity (Wildman–Crippen MR) is 84.0 cm³/mol. The van der Waals surface area contributed by atoms with Crippen molar-refractivity contribution in [2.24, 2.45) is 0 Å². The molecule has 1 atom stereocenters. The first kappa shape index (κ1) is 15.3. The van der Waals surface area contributed by atoms with Gasteiger partial charge in [0, 0.05) is 13.0 Å². The summed E-state index contributed by atoms with van der Waals surface area (Å²) in [6.07, 6.45) is 0.809. The number of carbonyl (C=O) groups is 1. The van der Waals surface area contributed by atoms with Gasteiger partial charge in [0.25, 0.3) is 5.91 Å². The van der Waals surface area contributed by atoms with Crippen LogP contribution in [0.3, 0.4) is 0 Å². The minimum Gasteiger partial charge on any atom is -0.489 e. The van der Waals surface area contributed by atoms with Crippen LogP contribution >= 0.6 is 0 Å². The topological polar surface area (TPSA) is 38.8 Å². The van der Waals surface area contributed by atoms with E-state index >= 15 is 0 Å². The van der Waals surface area contributed by atoms with Crippen molar-refractivity contribution in [2.75, 3.05) is 19.7 Å². The fraction of sp³-hybridized carbons (Fsp3) is 0.278. The number of benzene rings is 2. The van der Waals surface area contributed by atoms with Crippen molar-refractivity contribution in [3.63, 3.8) is 0 Å². The third kappa shape index (κ3) is 4.22. The molecule has 120 valence electrons. The van der Waals surface area contributed by atoms with E-state index in [1.807, 2.05) is 30.3 Å². The van der Waals surface area contributed by atoms with E-state index in [4.69, 9.17) is 9.47 Å². The van der Waals surface area contributed by atoms with E-state index in [-0.39, 0.29) is 24.4 Å². The summed E-state index contributed by atoms with van der Waals surface area (Å²) in [4.78, 5) is 13.9. The summed E-state index contributed by atoms with van der Waals surface area (Å²) in [7, 11) is 0. The van der Waals surface area contributed by atoms with Gasteiger partial charge >= 0.3 is 0 Å². The molecule has 0 aliphatic carbocycles. The molecule has 2 aromatic carbocycles. The zero-order valence-electron chi connectivity index (χ0n) is 12.7. The Labute approximate surface area is 134 Å². The van der Waals surface area contributed by atoms with Crippen LogP contribution in [0.2, 0.25) is 0 Å². The van der Waals surface area contributed by atoms with Crippen molar-refractivity contribution in [1.29, 1.82) is 0 Å². The van der Waals surface area contributed by atoms with Gasteiger partial charge in [0.15, 0.2) is 6.61 Å². The highest BCUT2D eigenvalue weighted by Gasteiger charge is 2.27. The molecule has 0 saturated carbocycles. The first-order valence-corrected chi connectivity index (χ1v) is 7.58. The van der Waals surface area contributed by atoms with E-state index in [1.165, 1.54) is 24.3 Å². The van der Waals surface area contributed by atoms with Crippen molar-refractivity contribution < 1.29 is 18.7 Å². The molecule has 1 amide bonds. The predicted octanol–water partition coefficient (Wildman–Crippen LogP) is 2.88. The highest BCUT2D eigenvalue weighted by molar-refractivity contribution is 5.78. The quantitative estimate of drug-likeness (QED) is 0.851. The molecular formula is C18H18FNO3. The van der Waals surface area contributed by atoms with E-state index < -0.39 is 0 Å². The Morgan fingerprint density at radius 3 is 2.57 bits per heavy atom. The molecule has 0 spiro atoms. The Morgan fingerprint density at radius 1 is 1.09 bits per heavy atom. The van der Waals surface area contributed by atoms with Crippen LogP contribution in [0.1, 0.15) is 6.42 Å². The second-order valence-corrected chi connectivity index (χ2v) is 5.42. The highest BCUT2D eigenvalue weighted by Crippen LogP contribution is 2.18. The van der Waals surface area contributed by atoms with Crippen LogP contribution in [-0.2, 0) is 4.79 Å². The van der Waals surface area contributed by atoms with Gasteiger partial charge in [-0.3, -0.25) is 4.79 Å². The number of nitrogens with zero attached hydrogens (tertiary/aromatic N) is 1. The van der Waals surface area contributed by atoms with E-state index in [2.05, 4.69) is 0 Å². The first-order chi connectivity index (χ1) is 11.2. The van der Waals surface area contributed by atoms with Gasteiger partial charge in [0.05, 0.1) is 6.54 Å². The number of para-hydroxylation sites is 1. The number of halogens is 1. The van der Waals surface area contributed by atoms with Gasteiger partial charge in [0.1, 0.15) is 23.4 Å². The van der Waals surface area contributed by atoms with Crippen molar-refractivity contribution in [3.8, 4) is 11.5 Å². The third-order valence-electron chi connectivity index (χ3n) is 3.72. The minimum absolute atomic E-state index is 0.00664. The van der Waals surface area contributed by atoms with Crippen molar-refractivity contribution >= 4 is 5.91 Å². The molecule has 1 aliphatic rings. The second kappa shape index (κ2) is 7.13. The van der Waals surface area contributed by atoms with E-state index in [0.29, 0.717) is 18.8 Å². The molecule has 0 bridgehead atoms. The summed E-state index contributed by atoms with van der Waals surface area (Å²) in [5.41, 5.74) is 0. The van der Waals surface area contributed by atoms with Gasteiger partial charge in [-0.1, -0.05) is 18.2 Å². The number of amides is 1. The van der Waals surface area contributed by atoms with Gasteiger partial charge in [0.2, 0.25) is 0 Å². The maximum absolute atomic E-state index is 12.8. The van der Waals surface area contributed by atoms with E-state index in [9.17, 15) is 9.18 Å². The Balaban J connectivity index is 1.46. The standard InChI is InChI=1S/C18H18FNO3/c19-14-6-8-15(9-7-14)22-13-18(21)20-11-10-17(12-20)23-16-4-2-1-3-5-16/h1-9,17H,10-13H2. The van der Waals surface area contributed by atoms with Crippen molar-refractivity contribution in [3.05, 3.63) is 60.4 Å². The van der Waals surface area contributed by atoms with Gasteiger partial charge in [-0.25, -0.2) is 4.39 Å². The lowest BCUT2D eigenvalue weighted by atomic mass is 10.3. The van der Waals surface area contributed by atoms with Crippen molar-refractivity contribution in [2.45, 2.75) is 12.5 Å². The summed E-state index contributed by atoms with van der Waals surface area (Å²) in [6.45, 7) is 1.16. The van der Waals surface area contributed by atoms with Crippen LogP contribution in [0, 0.1) is 5.82 Å². The monoisotopic (exact) mass is 315 g/mol. The van der Waals surface area contributed by atoms with Crippen LogP contribution < -0.4 is 9.47 Å². The molecule has 1 unspecified atom stereocenters. The van der Waals surface area contributed by atoms with Gasteiger partial charge in [-0.15, -0.1) is 0 Å². The molecule has 0 N–H and O–H groups in total. The van der Waals surface area contributed by atoms with Crippen LogP contribution in [0.4, 0.5) is 4.39 Å². The lowest BCUT2D eigenvalue weighted by Gasteiger charge is -2.17. The van der Waals surface area contributed by atoms with Crippen molar-refractivity contribution in [1.82, 2.24) is 4.90 Å². The molecule has 1 heterocycles. The van der Waals surface area contributed by atoms with Crippen LogP contribution in [0.25, 0.3) is 0 Å². The number of hydrogen-bond donors (Lipinski definition) is 0. The zero-order chi connectivity index (χ0) is 16.1. The summed E-state index contributed by atoms with van der Waals surface area (Å²) in [5.74, 6) is 0.878. The zero-order valence-corrected chi connectivity index (χ0v) is 12.7. The SMILES string of the molecule is O=C(COc1ccc(F)cc1)N1CCC(Oc2ccccc2)C1. The average Bonchev–Trinajstić information content (AvgIpc) is 3.03. The van der Waals surface area contributed by atoms with Crippen LogP contribution in [0.5, 0.6) is 11.5 Å². The fourth-order valence-electron chi connectivity index (χ4n) is 2.51. The lowest BCUT2D eigenvalue weighted by Crippen LogP contribution is -2.34. The number of ether oxygens (including phenoxy) is 2. The molecule has 23 heavy (non-hydrogen) atoms. The highest BCUT2D eigenvalue weighted by atomic mass is 19.1. The number of hydrogen-bond acceptors (Lipinski definition) is 3. The molecule has 5 heteroatoms. The summed E-state index contributed by atoms with van der Waals surface area (Å²) >= 11 is 0. The number of likely N-dealkylation sites (tertiary alicyclic amines) is 1. The molecule has 1 aliphatic heterocycles. The average molecular weight is 315 g/mol. The minimum atomic E-state index is -0.330. The molecule has 1 saturated heterocycles. The normalized spacial score (nSPS) is 17.1. The van der Waals surface area contributed by atoms with E-state index in [1.54, 1.807) is 4.90 Å². The molecule has 1 fully saturated rings. The molecule has 4 nitrogen and oxygen atoms in total. The van der Waals surface area contributed by atoms with Crippen LogP contribution in [0.15, 0.2) is 54.6 Å². The maximum atomic E-state index is 12.8. The van der Waals surface area contributed by atoms with E-state index in [0.717, 1.165) is 12.2 Å². The molecule has 3 rings (SSSR count). The molecule has 0 aromatic heterocycles. The second-order valence-electron chi connectivity index (χ2n) is 5.42. The number of rotatable bonds is 5. The summed E-state index contributed by atoms with van der Waals surface area (Å²) < 4.78 is 24.1. The summed E-state index contributed by atoms with van der Waals surface area (Å²) in [6, 6.07) is 15.2. The summed E-state index contributed by atoms with van der Waals surface area (Å²) in [5, 5.41) is 0. The first-order valence-electron chi connectivity index (χ1n) is 7.58. The fourth-order valence-corrected chi connectivity index (χ4v) is 2.51. The Morgan fingerprint density at radius 2 is 1.83 bits per heavy atom. The Hall–Kier alpha value is -2.56. The number of carbonyl (C=O) groups excluding carboxylic acids is 1. The van der Waals surface area contributed by atoms with Gasteiger partial charge in [-0.05, 0) is 36.4 Å². The largest absolute Gasteiger partial charge is 0.489 e. The smallest absolute Gasteiger partial charge is 0.260 e. The molecular weight excluding hydrogens is 297 g/mol.